The summed E-state index contributed by atoms with van der Waals surface area (Å²) in [5.74, 6) is -1.69. The van der Waals surface area contributed by atoms with Gasteiger partial charge in [0.15, 0.2) is 11.6 Å². The second-order valence-corrected chi connectivity index (χ2v) is 5.45. The highest BCUT2D eigenvalue weighted by Crippen LogP contribution is 2.29. The Morgan fingerprint density at radius 2 is 2.00 bits per heavy atom. The highest BCUT2D eigenvalue weighted by atomic mass is 19.2. The van der Waals surface area contributed by atoms with Gasteiger partial charge < -0.3 is 5.32 Å². The van der Waals surface area contributed by atoms with Crippen LogP contribution in [0.2, 0.25) is 0 Å². The standard InChI is InChI=1S/C15H19F2NO/c1-9-5-3-8-13(10(9)2)18-15(19)11-6-4-7-12(16)14(11)17/h4,6-7,9-10,13H,3,5,8H2,1-2H3,(H,18,19). The third-order valence-electron chi connectivity index (χ3n) is 4.22. The van der Waals surface area contributed by atoms with Gasteiger partial charge in [0.1, 0.15) is 0 Å². The van der Waals surface area contributed by atoms with E-state index in [1.54, 1.807) is 0 Å². The van der Waals surface area contributed by atoms with Crippen molar-refractivity contribution in [2.45, 2.75) is 39.2 Å². The van der Waals surface area contributed by atoms with Crippen LogP contribution in [0.25, 0.3) is 0 Å². The number of rotatable bonds is 2. The topological polar surface area (TPSA) is 29.1 Å². The second kappa shape index (κ2) is 5.68. The summed E-state index contributed by atoms with van der Waals surface area (Å²) in [6.45, 7) is 4.25. The number of halogens is 2. The Kier molecular flexibility index (Phi) is 4.17. The summed E-state index contributed by atoms with van der Waals surface area (Å²) < 4.78 is 26.6. The highest BCUT2D eigenvalue weighted by Gasteiger charge is 2.29. The van der Waals surface area contributed by atoms with Crippen molar-refractivity contribution in [2.24, 2.45) is 11.8 Å². The largest absolute Gasteiger partial charge is 0.349 e. The van der Waals surface area contributed by atoms with Crippen LogP contribution in [0.4, 0.5) is 8.78 Å². The summed E-state index contributed by atoms with van der Waals surface area (Å²) in [6.07, 6.45) is 3.11. The van der Waals surface area contributed by atoms with Gasteiger partial charge in [-0.2, -0.15) is 0 Å². The normalized spacial score (nSPS) is 27.1. The van der Waals surface area contributed by atoms with Gasteiger partial charge in [-0.3, -0.25) is 4.79 Å². The van der Waals surface area contributed by atoms with Crippen LogP contribution < -0.4 is 5.32 Å². The Balaban J connectivity index is 2.10. The van der Waals surface area contributed by atoms with Crippen molar-refractivity contribution >= 4 is 5.91 Å². The summed E-state index contributed by atoms with van der Waals surface area (Å²) in [5.41, 5.74) is -0.217. The Hall–Kier alpha value is -1.45. The summed E-state index contributed by atoms with van der Waals surface area (Å²) in [4.78, 5) is 12.0. The lowest BCUT2D eigenvalue weighted by Gasteiger charge is -2.34. The molecule has 19 heavy (non-hydrogen) atoms. The Morgan fingerprint density at radius 3 is 2.74 bits per heavy atom. The van der Waals surface area contributed by atoms with Gasteiger partial charge in [-0.25, -0.2) is 8.78 Å². The molecule has 104 valence electrons. The molecule has 0 saturated heterocycles. The minimum absolute atomic E-state index is 0.0407. The van der Waals surface area contributed by atoms with Crippen LogP contribution in [0, 0.1) is 23.5 Å². The minimum atomic E-state index is -1.07. The molecule has 0 radical (unpaired) electrons. The van der Waals surface area contributed by atoms with Gasteiger partial charge in [0.05, 0.1) is 5.56 Å². The fourth-order valence-corrected chi connectivity index (χ4v) is 2.71. The molecule has 4 heteroatoms. The first-order valence-corrected chi connectivity index (χ1v) is 6.75. The predicted octanol–water partition coefficient (Wildman–Crippen LogP) is 3.52. The van der Waals surface area contributed by atoms with Gasteiger partial charge in [0.25, 0.3) is 5.91 Å². The zero-order valence-electron chi connectivity index (χ0n) is 11.2. The van der Waals surface area contributed by atoms with Crippen molar-refractivity contribution in [3.05, 3.63) is 35.4 Å². The van der Waals surface area contributed by atoms with Crippen molar-refractivity contribution in [1.82, 2.24) is 5.32 Å². The van der Waals surface area contributed by atoms with Crippen LogP contribution in [0.3, 0.4) is 0 Å². The lowest BCUT2D eigenvalue weighted by Crippen LogP contribution is -2.44. The molecule has 1 aliphatic rings. The van der Waals surface area contributed by atoms with Crippen LogP contribution >= 0.6 is 0 Å². The summed E-state index contributed by atoms with van der Waals surface area (Å²) in [5, 5.41) is 2.84. The van der Waals surface area contributed by atoms with E-state index in [0.717, 1.165) is 25.3 Å². The minimum Gasteiger partial charge on any atom is -0.349 e. The van der Waals surface area contributed by atoms with E-state index in [9.17, 15) is 13.6 Å². The molecule has 1 saturated carbocycles. The lowest BCUT2D eigenvalue weighted by molar-refractivity contribution is 0.0886. The van der Waals surface area contributed by atoms with E-state index < -0.39 is 17.5 Å². The fraction of sp³-hybridized carbons (Fsp3) is 0.533. The summed E-state index contributed by atoms with van der Waals surface area (Å²) in [6, 6.07) is 3.71. The van der Waals surface area contributed by atoms with Crippen molar-refractivity contribution in [1.29, 1.82) is 0 Å². The Bertz CT molecular complexity index is 475. The summed E-state index contributed by atoms with van der Waals surface area (Å²) in [7, 11) is 0. The maximum atomic E-state index is 13.5. The molecule has 3 atom stereocenters. The molecule has 0 bridgehead atoms. The average molecular weight is 267 g/mol. The van der Waals surface area contributed by atoms with Crippen molar-refractivity contribution in [2.75, 3.05) is 0 Å². The van der Waals surface area contributed by atoms with Crippen LogP contribution in [0.15, 0.2) is 18.2 Å². The maximum Gasteiger partial charge on any atom is 0.254 e. The fourth-order valence-electron chi connectivity index (χ4n) is 2.71. The molecule has 3 unspecified atom stereocenters. The predicted molar refractivity (Wildman–Crippen MR) is 69.8 cm³/mol. The average Bonchev–Trinajstić information content (AvgIpc) is 2.38. The van der Waals surface area contributed by atoms with Crippen LogP contribution in [0.5, 0.6) is 0 Å². The second-order valence-electron chi connectivity index (χ2n) is 5.45. The van der Waals surface area contributed by atoms with E-state index in [0.29, 0.717) is 11.8 Å². The lowest BCUT2D eigenvalue weighted by atomic mass is 9.78. The zero-order chi connectivity index (χ0) is 14.0. The molecule has 1 amide bonds. The number of carbonyl (C=O) groups excluding carboxylic acids is 1. The van der Waals surface area contributed by atoms with Crippen LogP contribution in [-0.2, 0) is 0 Å². The molecule has 1 aliphatic carbocycles. The number of benzene rings is 1. The molecule has 2 rings (SSSR count). The molecule has 0 aromatic heterocycles. The Labute approximate surface area is 112 Å². The van der Waals surface area contributed by atoms with E-state index in [1.165, 1.54) is 12.1 Å². The van der Waals surface area contributed by atoms with Gasteiger partial charge in [-0.15, -0.1) is 0 Å². The molecule has 0 heterocycles. The Morgan fingerprint density at radius 1 is 1.26 bits per heavy atom. The zero-order valence-corrected chi connectivity index (χ0v) is 11.2. The molecule has 1 N–H and O–H groups in total. The van der Waals surface area contributed by atoms with E-state index in [2.05, 4.69) is 19.2 Å². The van der Waals surface area contributed by atoms with E-state index in [4.69, 9.17) is 0 Å². The first kappa shape index (κ1) is 14.0. The summed E-state index contributed by atoms with van der Waals surface area (Å²) >= 11 is 0. The van der Waals surface area contributed by atoms with Gasteiger partial charge in [-0.05, 0) is 30.4 Å². The SMILES string of the molecule is CC1CCCC(NC(=O)c2cccc(F)c2F)C1C. The van der Waals surface area contributed by atoms with Crippen molar-refractivity contribution in [3.8, 4) is 0 Å². The van der Waals surface area contributed by atoms with Gasteiger partial charge >= 0.3 is 0 Å². The molecule has 2 nitrogen and oxygen atoms in total. The maximum absolute atomic E-state index is 13.5. The van der Waals surface area contributed by atoms with Gasteiger partial charge in [0.2, 0.25) is 0 Å². The van der Waals surface area contributed by atoms with Crippen LogP contribution in [-0.4, -0.2) is 11.9 Å². The van der Waals surface area contributed by atoms with E-state index in [-0.39, 0.29) is 11.6 Å². The molecule has 1 aromatic carbocycles. The van der Waals surface area contributed by atoms with Crippen molar-refractivity contribution in [3.63, 3.8) is 0 Å². The van der Waals surface area contributed by atoms with E-state index in [1.807, 2.05) is 0 Å². The van der Waals surface area contributed by atoms with Crippen LogP contribution in [0.1, 0.15) is 43.5 Å². The number of carbonyl (C=O) groups is 1. The number of hydrogen-bond donors (Lipinski definition) is 1. The molecule has 0 spiro atoms. The number of nitrogens with one attached hydrogen (secondary N) is 1. The monoisotopic (exact) mass is 267 g/mol. The third kappa shape index (κ3) is 2.94. The molecular formula is C15H19F2NO. The highest BCUT2D eigenvalue weighted by molar-refractivity contribution is 5.94. The third-order valence-corrected chi connectivity index (χ3v) is 4.22. The van der Waals surface area contributed by atoms with Gasteiger partial charge in [-0.1, -0.05) is 32.8 Å². The quantitative estimate of drug-likeness (QED) is 0.872. The molecule has 1 aromatic rings. The van der Waals surface area contributed by atoms with Gasteiger partial charge in [0, 0.05) is 6.04 Å². The number of hydrogen-bond acceptors (Lipinski definition) is 1. The smallest absolute Gasteiger partial charge is 0.254 e. The molecule has 0 aliphatic heterocycles. The van der Waals surface area contributed by atoms with Crippen molar-refractivity contribution < 1.29 is 13.6 Å². The molecular weight excluding hydrogens is 248 g/mol. The van der Waals surface area contributed by atoms with E-state index >= 15 is 0 Å². The first-order chi connectivity index (χ1) is 9.00. The molecule has 1 fully saturated rings. The first-order valence-electron chi connectivity index (χ1n) is 6.75. The number of amides is 1.